The van der Waals surface area contributed by atoms with Crippen LogP contribution in [-0.4, -0.2) is 85.6 Å². The van der Waals surface area contributed by atoms with Gasteiger partial charge in [0.25, 0.3) is 10.0 Å². The topological polar surface area (TPSA) is 101 Å². The zero-order valence-electron chi connectivity index (χ0n) is 17.6. The van der Waals surface area contributed by atoms with Gasteiger partial charge in [-0.15, -0.1) is 0 Å². The second-order valence-corrected chi connectivity index (χ2v) is 10.4. The van der Waals surface area contributed by atoms with E-state index in [-0.39, 0.29) is 0 Å². The van der Waals surface area contributed by atoms with Gasteiger partial charge in [0.1, 0.15) is 0 Å². The molecular weight excluding hydrogens is 727 g/mol. The van der Waals surface area contributed by atoms with Crippen molar-refractivity contribution in [2.75, 3.05) is 0 Å². The van der Waals surface area contributed by atoms with Gasteiger partial charge in [-0.25, -0.2) is 8.42 Å². The minimum Gasteiger partial charge on any atom is -0.282 e. The van der Waals surface area contributed by atoms with E-state index in [2.05, 4.69) is 0 Å². The molecule has 0 fully saturated rings. The van der Waals surface area contributed by atoms with Gasteiger partial charge in [0.2, 0.25) is 0 Å². The predicted molar refractivity (Wildman–Crippen MR) is 79.1 cm³/mol. The van der Waals surface area contributed by atoms with Gasteiger partial charge in [0.05, 0.1) is 0 Å². The minimum atomic E-state index is -9.48. The molecule has 0 aliphatic carbocycles. The molecule has 2 N–H and O–H groups in total. The van der Waals surface area contributed by atoms with Crippen LogP contribution in [0.4, 0.5) is 101 Å². The lowest BCUT2D eigenvalue weighted by molar-refractivity contribution is -0.458. The summed E-state index contributed by atoms with van der Waals surface area (Å²) in [4.78, 5) is 0. The van der Waals surface area contributed by atoms with Gasteiger partial charge in [0.15, 0.2) is 0 Å². The maximum Gasteiger partial charge on any atom is 0.460 e. The van der Waals surface area contributed by atoms with E-state index in [1.54, 1.807) is 0 Å². The Kier molecular flexibility index (Phi) is 9.19. The summed E-state index contributed by atoms with van der Waals surface area (Å²) in [7, 11) is -17.7. The molecule has 0 saturated carbocycles. The summed E-state index contributed by atoms with van der Waals surface area (Å²) >= 11 is 0. The highest BCUT2D eigenvalue weighted by Gasteiger charge is 2.96. The summed E-state index contributed by atoms with van der Waals surface area (Å²) in [5.74, 6) is -63.5. The van der Waals surface area contributed by atoms with Crippen molar-refractivity contribution in [3.05, 3.63) is 0 Å². The quantitative estimate of drug-likeness (QED) is 0.165. The molecule has 0 spiro atoms. The third-order valence-electron chi connectivity index (χ3n) is 4.41. The Bertz CT molecular complexity index is 1250. The molecule has 0 aromatic carbocycles. The van der Waals surface area contributed by atoms with Gasteiger partial charge in [-0.2, -0.15) is 114 Å². The smallest absolute Gasteiger partial charge is 0.282 e. The summed E-state index contributed by atoms with van der Waals surface area (Å²) < 4.78 is 350. The predicted octanol–water partition coefficient (Wildman–Crippen LogP) is 5.58. The van der Waals surface area contributed by atoms with Gasteiger partial charge in [0, 0.05) is 0 Å². The van der Waals surface area contributed by atoms with Crippen LogP contribution in [0.5, 0.6) is 0 Å². The number of halogens is 23. The van der Waals surface area contributed by atoms with E-state index in [4.69, 9.17) is 4.55 Å². The zero-order chi connectivity index (χ0) is 35.2. The molecule has 0 aromatic heterocycles. The molecule has 31 heteroatoms. The second-order valence-electron chi connectivity index (χ2n) is 7.21. The number of hydrogen-bond acceptors (Lipinski definition) is 4. The van der Waals surface area contributed by atoms with E-state index in [0.717, 1.165) is 0 Å². The van der Waals surface area contributed by atoms with Crippen LogP contribution in [0, 0.1) is 0 Å². The van der Waals surface area contributed by atoms with Crippen molar-refractivity contribution in [3.8, 4) is 0 Å². The monoisotopic (exact) mass is 729 g/mol. The van der Waals surface area contributed by atoms with Crippen LogP contribution >= 0.6 is 0 Å². The van der Waals surface area contributed by atoms with Crippen LogP contribution in [0.25, 0.3) is 0 Å². The van der Waals surface area contributed by atoms with Gasteiger partial charge >= 0.3 is 74.3 Å². The Morgan fingerprint density at radius 3 is 0.857 bits per heavy atom. The first-order valence-corrected chi connectivity index (χ1v) is 11.2. The van der Waals surface area contributed by atoms with Crippen LogP contribution in [0.15, 0.2) is 0 Å². The van der Waals surface area contributed by atoms with Gasteiger partial charge < -0.3 is 0 Å². The van der Waals surface area contributed by atoms with Crippen molar-refractivity contribution >= 4 is 20.1 Å². The molecule has 0 saturated heterocycles. The van der Waals surface area contributed by atoms with Crippen molar-refractivity contribution < 1.29 is 122 Å². The average molecular weight is 729 g/mol. The van der Waals surface area contributed by atoms with Crippen LogP contribution in [-0.2, 0) is 20.1 Å². The number of hydrogen-bond donors (Lipinski definition) is 2. The summed E-state index contributed by atoms with van der Waals surface area (Å²) in [6.45, 7) is 0. The lowest BCUT2D eigenvalue weighted by atomic mass is 9.91. The molecule has 0 bridgehead atoms. The van der Waals surface area contributed by atoms with E-state index in [1.807, 2.05) is 0 Å². The third-order valence-corrected chi connectivity index (χ3v) is 7.09. The van der Waals surface area contributed by atoms with Crippen LogP contribution in [0.3, 0.4) is 0 Å². The Balaban J connectivity index is 7.43. The molecule has 0 rings (SSSR count). The average Bonchev–Trinajstić information content (AvgIpc) is 2.69. The number of rotatable bonds is 11. The Morgan fingerprint density at radius 1 is 0.381 bits per heavy atom. The van der Waals surface area contributed by atoms with Crippen molar-refractivity contribution in [2.24, 2.45) is 0 Å². The van der Waals surface area contributed by atoms with Crippen molar-refractivity contribution in [2.45, 2.75) is 64.2 Å². The number of nitrogens with one attached hydrogen (secondary N) is 1. The maximum absolute atomic E-state index is 14.0. The molecule has 0 aromatic rings. The largest absolute Gasteiger partial charge is 0.460 e. The molecule has 0 aliphatic rings. The van der Waals surface area contributed by atoms with Crippen LogP contribution in [0.2, 0.25) is 0 Å². The van der Waals surface area contributed by atoms with Gasteiger partial charge in [-0.1, -0.05) is 0 Å². The highest BCUT2D eigenvalue weighted by Crippen LogP contribution is 2.64. The van der Waals surface area contributed by atoms with E-state index >= 15 is 0 Å². The normalized spacial score (nSPS) is 18.2. The molecule has 254 valence electrons. The molecule has 0 radical (unpaired) electrons. The highest BCUT2D eigenvalue weighted by molar-refractivity contribution is 7.92. The Hall–Kier alpha value is -1.79. The standard InChI is InChI=1S/C11H2F23NO5S2/c12-1(13,3(16,17)5(20,21)8(26,27)28)2(14,15)4(18,19)6(22,23)10(32,33)41(36,37)35-11(34,42(38,39)40)7(24,25)9(29,30)31/h35H,(H,38,39,40). The highest BCUT2D eigenvalue weighted by atomic mass is 32.2. The van der Waals surface area contributed by atoms with Crippen molar-refractivity contribution in [1.29, 1.82) is 0 Å². The van der Waals surface area contributed by atoms with Crippen molar-refractivity contribution in [3.63, 3.8) is 0 Å². The lowest BCUT2D eigenvalue weighted by Gasteiger charge is -2.42. The van der Waals surface area contributed by atoms with E-state index in [1.165, 1.54) is 0 Å². The second kappa shape index (κ2) is 9.60. The third kappa shape index (κ3) is 4.97. The fraction of sp³-hybridized carbons (Fsp3) is 1.00. The SMILES string of the molecule is O=S(=O)(O)C(F)(NS(=O)(=O)C(F)(F)C(F)(F)C(F)(F)C(F)(F)C(F)(F)C(F)(F)C(F)(F)C(F)(F)F)C(F)(F)C(F)(F)F. The number of sulfonamides is 1. The Labute approximate surface area is 212 Å². The van der Waals surface area contributed by atoms with Crippen LogP contribution in [0.1, 0.15) is 0 Å². The molecular formula is C11H2F23NO5S2. The molecule has 0 heterocycles. The van der Waals surface area contributed by atoms with E-state index in [9.17, 15) is 118 Å². The van der Waals surface area contributed by atoms with E-state index < -0.39 is 89.1 Å². The van der Waals surface area contributed by atoms with Crippen molar-refractivity contribution in [1.82, 2.24) is 4.72 Å². The summed E-state index contributed by atoms with van der Waals surface area (Å²) in [6.07, 6.45) is -16.1. The number of alkyl halides is 23. The minimum absolute atomic E-state index is 1.98. The fourth-order valence-electron chi connectivity index (χ4n) is 2.02. The first-order valence-electron chi connectivity index (χ1n) is 8.31. The molecule has 0 aliphatic heterocycles. The molecule has 0 amide bonds. The summed E-state index contributed by atoms with van der Waals surface area (Å²) in [6, 6.07) is 0. The first-order chi connectivity index (χ1) is 17.5. The first kappa shape index (κ1) is 40.2. The fourth-order valence-corrected chi connectivity index (χ4v) is 4.27. The lowest BCUT2D eigenvalue weighted by Crippen LogP contribution is -2.76. The molecule has 42 heavy (non-hydrogen) atoms. The zero-order valence-corrected chi connectivity index (χ0v) is 19.2. The summed E-state index contributed by atoms with van der Waals surface area (Å²) in [5.41, 5.74) is 0. The maximum atomic E-state index is 14.0. The summed E-state index contributed by atoms with van der Waals surface area (Å²) in [5, 5.41) is -16.8. The Morgan fingerprint density at radius 2 is 0.619 bits per heavy atom. The van der Waals surface area contributed by atoms with E-state index in [0.29, 0.717) is 0 Å². The molecule has 1 atom stereocenters. The van der Waals surface area contributed by atoms with Gasteiger partial charge in [-0.3, -0.25) is 4.55 Å². The van der Waals surface area contributed by atoms with Crippen LogP contribution < -0.4 is 4.72 Å². The molecule has 6 nitrogen and oxygen atoms in total. The molecule has 1 unspecified atom stereocenters. The van der Waals surface area contributed by atoms with Gasteiger partial charge in [-0.05, 0) is 0 Å².